The molecule has 0 aromatic heterocycles. The molecule has 0 radical (unpaired) electrons. The molecule has 0 unspecified atom stereocenters. The van der Waals surface area contributed by atoms with Gasteiger partial charge >= 0.3 is 0 Å². The lowest BCUT2D eigenvalue weighted by Crippen LogP contribution is -2.31. The van der Waals surface area contributed by atoms with Crippen LogP contribution in [0.4, 0.5) is 0 Å². The summed E-state index contributed by atoms with van der Waals surface area (Å²) in [6, 6.07) is 0. The molecule has 13 heavy (non-hydrogen) atoms. The van der Waals surface area contributed by atoms with Crippen LogP contribution in [0.25, 0.3) is 0 Å². The van der Waals surface area contributed by atoms with Gasteiger partial charge < -0.3 is 15.8 Å². The molecule has 5 heteroatoms. The molecule has 3 N–H and O–H groups in total. The third kappa shape index (κ3) is 7.27. The molecule has 0 saturated heterocycles. The molecule has 0 aromatic carbocycles. The first-order valence-electron chi connectivity index (χ1n) is 4.17. The average molecular weight is 188 g/mol. The summed E-state index contributed by atoms with van der Waals surface area (Å²) in [5.74, 6) is -0.561. The number of carbonyl (C=O) groups is 2. The Labute approximate surface area is 77.6 Å². The minimum Gasteiger partial charge on any atom is -0.370 e. The van der Waals surface area contributed by atoms with Gasteiger partial charge in [0.2, 0.25) is 11.8 Å². The van der Waals surface area contributed by atoms with Crippen LogP contribution in [0.3, 0.4) is 0 Å². The zero-order chi connectivity index (χ0) is 10.3. The lowest BCUT2D eigenvalue weighted by Gasteiger charge is -2.06. The number of nitrogens with one attached hydrogen (secondary N) is 1. The van der Waals surface area contributed by atoms with Crippen LogP contribution in [0.1, 0.15) is 13.8 Å². The summed E-state index contributed by atoms with van der Waals surface area (Å²) in [7, 11) is 0. The van der Waals surface area contributed by atoms with Gasteiger partial charge in [-0.3, -0.25) is 9.59 Å². The number of ether oxygens (including phenoxy) is 1. The summed E-state index contributed by atoms with van der Waals surface area (Å²) in [6.07, 6.45) is 0. The maximum atomic E-state index is 11.0. The van der Waals surface area contributed by atoms with E-state index in [0.717, 1.165) is 0 Å². The standard InChI is InChI=1S/C8H16N2O3/c1-6(2)8(12)10-3-4-13-5-7(9)11/h6H,3-5H2,1-2H3,(H2,9,11)(H,10,12). The summed E-state index contributed by atoms with van der Waals surface area (Å²) in [5.41, 5.74) is 4.83. The molecule has 0 spiro atoms. The molecular weight excluding hydrogens is 172 g/mol. The van der Waals surface area contributed by atoms with Gasteiger partial charge in [-0.15, -0.1) is 0 Å². The molecule has 0 saturated carbocycles. The highest BCUT2D eigenvalue weighted by Crippen LogP contribution is 1.89. The Bertz CT molecular complexity index is 180. The first-order chi connectivity index (χ1) is 6.04. The van der Waals surface area contributed by atoms with Crippen molar-refractivity contribution in [2.24, 2.45) is 11.7 Å². The van der Waals surface area contributed by atoms with Gasteiger partial charge in [0.1, 0.15) is 6.61 Å². The van der Waals surface area contributed by atoms with E-state index in [0.29, 0.717) is 13.2 Å². The van der Waals surface area contributed by atoms with E-state index >= 15 is 0 Å². The molecule has 0 aromatic rings. The predicted molar refractivity (Wildman–Crippen MR) is 47.9 cm³/mol. The smallest absolute Gasteiger partial charge is 0.243 e. The van der Waals surface area contributed by atoms with Gasteiger partial charge in [0.15, 0.2) is 0 Å². The van der Waals surface area contributed by atoms with Crippen molar-refractivity contribution >= 4 is 11.8 Å². The highest BCUT2D eigenvalue weighted by Gasteiger charge is 2.04. The zero-order valence-electron chi connectivity index (χ0n) is 8.00. The third-order valence-corrected chi connectivity index (χ3v) is 1.31. The van der Waals surface area contributed by atoms with E-state index in [9.17, 15) is 9.59 Å². The molecule has 5 nitrogen and oxygen atoms in total. The zero-order valence-corrected chi connectivity index (χ0v) is 8.00. The number of rotatable bonds is 6. The van der Waals surface area contributed by atoms with E-state index < -0.39 is 5.91 Å². The van der Waals surface area contributed by atoms with Crippen LogP contribution in [0.5, 0.6) is 0 Å². The fourth-order valence-corrected chi connectivity index (χ4v) is 0.623. The van der Waals surface area contributed by atoms with E-state index in [1.807, 2.05) is 0 Å². The summed E-state index contributed by atoms with van der Waals surface area (Å²) in [5, 5.41) is 2.64. The lowest BCUT2D eigenvalue weighted by molar-refractivity contribution is -0.124. The summed E-state index contributed by atoms with van der Waals surface area (Å²) >= 11 is 0. The maximum Gasteiger partial charge on any atom is 0.243 e. The highest BCUT2D eigenvalue weighted by molar-refractivity contribution is 5.77. The Kier molecular flexibility index (Phi) is 5.88. The largest absolute Gasteiger partial charge is 0.370 e. The monoisotopic (exact) mass is 188 g/mol. The van der Waals surface area contributed by atoms with Gasteiger partial charge in [-0.1, -0.05) is 13.8 Å². The van der Waals surface area contributed by atoms with Crippen molar-refractivity contribution in [2.75, 3.05) is 19.8 Å². The SMILES string of the molecule is CC(C)C(=O)NCCOCC(N)=O. The molecule has 0 aliphatic carbocycles. The van der Waals surface area contributed by atoms with Crippen LogP contribution in [-0.4, -0.2) is 31.6 Å². The minimum absolute atomic E-state index is 0.0253. The van der Waals surface area contributed by atoms with E-state index in [-0.39, 0.29) is 18.4 Å². The maximum absolute atomic E-state index is 11.0. The molecule has 0 aliphatic heterocycles. The quantitative estimate of drug-likeness (QED) is 0.539. The van der Waals surface area contributed by atoms with Crippen LogP contribution >= 0.6 is 0 Å². The van der Waals surface area contributed by atoms with Gasteiger partial charge in [0.25, 0.3) is 0 Å². The minimum atomic E-state index is -0.504. The molecule has 0 bridgehead atoms. The number of hydrogen-bond donors (Lipinski definition) is 2. The van der Waals surface area contributed by atoms with E-state index in [4.69, 9.17) is 10.5 Å². The van der Waals surface area contributed by atoms with Crippen molar-refractivity contribution in [3.8, 4) is 0 Å². The number of hydrogen-bond acceptors (Lipinski definition) is 3. The molecule has 76 valence electrons. The first-order valence-corrected chi connectivity index (χ1v) is 4.17. The topological polar surface area (TPSA) is 81.4 Å². The van der Waals surface area contributed by atoms with Gasteiger partial charge in [-0.2, -0.15) is 0 Å². The highest BCUT2D eigenvalue weighted by atomic mass is 16.5. The van der Waals surface area contributed by atoms with Gasteiger partial charge in [0.05, 0.1) is 6.61 Å². The number of nitrogens with two attached hydrogens (primary N) is 1. The van der Waals surface area contributed by atoms with Crippen LogP contribution < -0.4 is 11.1 Å². The predicted octanol–water partition coefficient (Wildman–Crippen LogP) is -0.739. The van der Waals surface area contributed by atoms with Gasteiger partial charge in [-0.05, 0) is 0 Å². The van der Waals surface area contributed by atoms with Crippen molar-refractivity contribution in [3.63, 3.8) is 0 Å². The molecular formula is C8H16N2O3. The normalized spacial score (nSPS) is 10.1. The van der Waals surface area contributed by atoms with Crippen molar-refractivity contribution in [1.82, 2.24) is 5.32 Å². The lowest BCUT2D eigenvalue weighted by atomic mass is 10.2. The van der Waals surface area contributed by atoms with E-state index in [1.54, 1.807) is 13.8 Å². The summed E-state index contributed by atoms with van der Waals surface area (Å²) < 4.78 is 4.84. The van der Waals surface area contributed by atoms with Crippen molar-refractivity contribution in [2.45, 2.75) is 13.8 Å². The average Bonchev–Trinajstić information content (AvgIpc) is 2.02. The fraction of sp³-hybridized carbons (Fsp3) is 0.750. The first kappa shape index (κ1) is 11.9. The number of carbonyl (C=O) groups excluding carboxylic acids is 2. The van der Waals surface area contributed by atoms with Gasteiger partial charge in [0, 0.05) is 12.5 Å². The van der Waals surface area contributed by atoms with Crippen LogP contribution in [0, 0.1) is 5.92 Å². The molecule has 0 atom stereocenters. The summed E-state index contributed by atoms with van der Waals surface area (Å²) in [6.45, 7) is 4.22. The third-order valence-electron chi connectivity index (χ3n) is 1.31. The molecule has 0 fully saturated rings. The Balaban J connectivity index is 3.26. The molecule has 0 heterocycles. The summed E-state index contributed by atoms with van der Waals surface area (Å²) in [4.78, 5) is 21.2. The van der Waals surface area contributed by atoms with E-state index in [1.165, 1.54) is 0 Å². The van der Waals surface area contributed by atoms with E-state index in [2.05, 4.69) is 5.32 Å². The molecule has 0 aliphatic rings. The number of primary amides is 1. The molecule has 0 rings (SSSR count). The van der Waals surface area contributed by atoms with Gasteiger partial charge in [-0.25, -0.2) is 0 Å². The van der Waals surface area contributed by atoms with Crippen LogP contribution in [-0.2, 0) is 14.3 Å². The van der Waals surface area contributed by atoms with Crippen LogP contribution in [0.2, 0.25) is 0 Å². The second-order valence-corrected chi connectivity index (χ2v) is 2.96. The Morgan fingerprint density at radius 1 is 1.46 bits per heavy atom. The Hall–Kier alpha value is -1.10. The second kappa shape index (κ2) is 6.42. The van der Waals surface area contributed by atoms with Crippen molar-refractivity contribution < 1.29 is 14.3 Å². The molecule has 2 amide bonds. The van der Waals surface area contributed by atoms with Crippen LogP contribution in [0.15, 0.2) is 0 Å². The second-order valence-electron chi connectivity index (χ2n) is 2.96. The Morgan fingerprint density at radius 3 is 2.54 bits per heavy atom. The number of amides is 2. The van der Waals surface area contributed by atoms with Crippen molar-refractivity contribution in [3.05, 3.63) is 0 Å². The fourth-order valence-electron chi connectivity index (χ4n) is 0.623. The Morgan fingerprint density at radius 2 is 2.08 bits per heavy atom. The van der Waals surface area contributed by atoms with Crippen molar-refractivity contribution in [1.29, 1.82) is 0 Å².